The average molecular weight is 221 g/mol. The van der Waals surface area contributed by atoms with Crippen molar-refractivity contribution in [2.45, 2.75) is 26.5 Å². The lowest BCUT2D eigenvalue weighted by Crippen LogP contribution is -2.53. The van der Waals surface area contributed by atoms with E-state index >= 15 is 0 Å². The topological polar surface area (TPSA) is 41.5 Å². The molecule has 3 heteroatoms. The van der Waals surface area contributed by atoms with Gasteiger partial charge in [-0.1, -0.05) is 26.0 Å². The predicted molar refractivity (Wildman–Crippen MR) is 63.2 cm³/mol. The Morgan fingerprint density at radius 1 is 1.31 bits per heavy atom. The number of aromatic hydroxyl groups is 1. The van der Waals surface area contributed by atoms with E-state index in [-0.39, 0.29) is 11.2 Å². The second-order valence-corrected chi connectivity index (χ2v) is 5.39. The molecular formula is C13H19NO2. The molecule has 1 aromatic rings. The van der Waals surface area contributed by atoms with Gasteiger partial charge < -0.3 is 9.84 Å². The maximum atomic E-state index is 9.48. The van der Waals surface area contributed by atoms with Crippen molar-refractivity contribution in [3.8, 4) is 5.75 Å². The van der Waals surface area contributed by atoms with Crippen LogP contribution in [0.15, 0.2) is 24.3 Å². The summed E-state index contributed by atoms with van der Waals surface area (Å²) < 4.78 is 5.90. The van der Waals surface area contributed by atoms with Crippen LogP contribution in [0.5, 0.6) is 5.75 Å². The molecule has 2 N–H and O–H groups in total. The van der Waals surface area contributed by atoms with Crippen LogP contribution >= 0.6 is 0 Å². The van der Waals surface area contributed by atoms with Crippen molar-refractivity contribution in [3.05, 3.63) is 29.8 Å². The largest absolute Gasteiger partial charge is 0.508 e. The lowest BCUT2D eigenvalue weighted by atomic mass is 9.90. The van der Waals surface area contributed by atoms with Crippen molar-refractivity contribution in [2.24, 2.45) is 5.41 Å². The van der Waals surface area contributed by atoms with Gasteiger partial charge in [0.1, 0.15) is 11.5 Å². The first-order valence-electron chi connectivity index (χ1n) is 5.60. The summed E-state index contributed by atoms with van der Waals surface area (Å²) in [5.41, 5.74) is 0.632. The molecule has 0 aliphatic carbocycles. The van der Waals surface area contributed by atoms with Crippen LogP contribution in [0.4, 0.5) is 0 Å². The number of nitrogens with one attached hydrogen (secondary N) is 1. The Morgan fingerprint density at radius 3 is 2.62 bits per heavy atom. The summed E-state index contributed by atoms with van der Waals surface area (Å²) in [5, 5.41) is 12.9. The number of phenols is 1. The Hall–Kier alpha value is -1.06. The molecule has 0 aromatic heterocycles. The van der Waals surface area contributed by atoms with Crippen LogP contribution in [-0.4, -0.2) is 18.3 Å². The van der Waals surface area contributed by atoms with Gasteiger partial charge in [-0.3, -0.25) is 5.32 Å². The van der Waals surface area contributed by atoms with Gasteiger partial charge in [-0.15, -0.1) is 0 Å². The van der Waals surface area contributed by atoms with Gasteiger partial charge in [-0.2, -0.15) is 0 Å². The first-order chi connectivity index (χ1) is 7.41. The minimum atomic E-state index is -0.492. The SMILES string of the molecule is CC1(C)CNC(C)(c2cccc(O)c2)OC1. The third-order valence-electron chi connectivity index (χ3n) is 3.05. The molecule has 0 saturated carbocycles. The molecule has 1 saturated heterocycles. The first-order valence-corrected chi connectivity index (χ1v) is 5.60. The molecule has 3 nitrogen and oxygen atoms in total. The maximum Gasteiger partial charge on any atom is 0.142 e. The lowest BCUT2D eigenvalue weighted by molar-refractivity contribution is -0.131. The first kappa shape index (κ1) is 11.4. The Labute approximate surface area is 96.4 Å². The van der Waals surface area contributed by atoms with E-state index in [9.17, 15) is 5.11 Å². The smallest absolute Gasteiger partial charge is 0.142 e. The molecule has 1 aliphatic heterocycles. The van der Waals surface area contributed by atoms with Crippen molar-refractivity contribution in [3.63, 3.8) is 0 Å². The van der Waals surface area contributed by atoms with E-state index in [4.69, 9.17) is 4.74 Å². The van der Waals surface area contributed by atoms with Crippen molar-refractivity contribution in [2.75, 3.05) is 13.2 Å². The fraction of sp³-hybridized carbons (Fsp3) is 0.538. The molecule has 0 amide bonds. The minimum absolute atomic E-state index is 0.163. The van der Waals surface area contributed by atoms with Gasteiger partial charge >= 0.3 is 0 Å². The molecule has 88 valence electrons. The molecule has 0 radical (unpaired) electrons. The van der Waals surface area contributed by atoms with Gasteiger partial charge in [-0.05, 0) is 19.1 Å². The van der Waals surface area contributed by atoms with Crippen LogP contribution in [0.1, 0.15) is 26.3 Å². The molecule has 0 bridgehead atoms. The number of phenolic OH excluding ortho intramolecular Hbond substituents is 1. The fourth-order valence-electron chi connectivity index (χ4n) is 1.84. The highest BCUT2D eigenvalue weighted by molar-refractivity contribution is 5.31. The highest BCUT2D eigenvalue weighted by Gasteiger charge is 2.36. The van der Waals surface area contributed by atoms with Crippen molar-refractivity contribution >= 4 is 0 Å². The average Bonchev–Trinajstić information content (AvgIpc) is 2.23. The maximum absolute atomic E-state index is 9.48. The van der Waals surface area contributed by atoms with Gasteiger partial charge in [0.15, 0.2) is 0 Å². The van der Waals surface area contributed by atoms with E-state index in [0.29, 0.717) is 6.61 Å². The molecule has 2 rings (SSSR count). The summed E-state index contributed by atoms with van der Waals surface area (Å²) in [6.07, 6.45) is 0. The summed E-state index contributed by atoms with van der Waals surface area (Å²) in [7, 11) is 0. The van der Waals surface area contributed by atoms with E-state index in [1.54, 1.807) is 12.1 Å². The Kier molecular flexibility index (Phi) is 2.68. The summed E-state index contributed by atoms with van der Waals surface area (Å²) in [6, 6.07) is 7.21. The highest BCUT2D eigenvalue weighted by atomic mass is 16.5. The van der Waals surface area contributed by atoms with Gasteiger partial charge in [0.2, 0.25) is 0 Å². The zero-order valence-electron chi connectivity index (χ0n) is 10.1. The van der Waals surface area contributed by atoms with Crippen LogP contribution in [0, 0.1) is 5.41 Å². The van der Waals surface area contributed by atoms with Crippen molar-refractivity contribution < 1.29 is 9.84 Å². The standard InChI is InChI=1S/C13H19NO2/c1-12(2)8-14-13(3,16-9-12)10-5-4-6-11(15)7-10/h4-7,14-15H,8-9H2,1-3H3. The molecule has 1 unspecified atom stereocenters. The summed E-state index contributed by atoms with van der Waals surface area (Å²) in [5.74, 6) is 0.272. The van der Waals surface area contributed by atoms with E-state index < -0.39 is 5.72 Å². The monoisotopic (exact) mass is 221 g/mol. The number of hydrogen-bond donors (Lipinski definition) is 2. The van der Waals surface area contributed by atoms with Gasteiger partial charge in [0, 0.05) is 17.5 Å². The zero-order valence-corrected chi connectivity index (χ0v) is 10.1. The lowest BCUT2D eigenvalue weighted by Gasteiger charge is -2.42. The van der Waals surface area contributed by atoms with Gasteiger partial charge in [0.05, 0.1) is 6.61 Å². The third-order valence-corrected chi connectivity index (χ3v) is 3.05. The molecule has 16 heavy (non-hydrogen) atoms. The quantitative estimate of drug-likeness (QED) is 0.764. The van der Waals surface area contributed by atoms with E-state index in [2.05, 4.69) is 19.2 Å². The van der Waals surface area contributed by atoms with Crippen LogP contribution in [0.25, 0.3) is 0 Å². The third kappa shape index (κ3) is 2.20. The van der Waals surface area contributed by atoms with Crippen molar-refractivity contribution in [1.82, 2.24) is 5.32 Å². The molecule has 1 aliphatic rings. The fourth-order valence-corrected chi connectivity index (χ4v) is 1.84. The van der Waals surface area contributed by atoms with Crippen LogP contribution < -0.4 is 5.32 Å². The molecule has 1 heterocycles. The Morgan fingerprint density at radius 2 is 2.06 bits per heavy atom. The molecule has 1 atom stereocenters. The highest BCUT2D eigenvalue weighted by Crippen LogP contribution is 2.32. The predicted octanol–water partition coefficient (Wildman–Crippen LogP) is 2.21. The molecule has 1 fully saturated rings. The molecule has 1 aromatic carbocycles. The van der Waals surface area contributed by atoms with Crippen molar-refractivity contribution in [1.29, 1.82) is 0 Å². The Bertz CT molecular complexity index is 377. The van der Waals surface area contributed by atoms with Crippen LogP contribution in [-0.2, 0) is 10.5 Å². The van der Waals surface area contributed by atoms with Gasteiger partial charge in [0.25, 0.3) is 0 Å². The zero-order chi connectivity index (χ0) is 11.8. The molecular weight excluding hydrogens is 202 g/mol. The summed E-state index contributed by atoms with van der Waals surface area (Å²) in [4.78, 5) is 0. The van der Waals surface area contributed by atoms with Crippen LogP contribution in [0.3, 0.4) is 0 Å². The minimum Gasteiger partial charge on any atom is -0.508 e. The number of benzene rings is 1. The molecule has 0 spiro atoms. The van der Waals surface area contributed by atoms with E-state index in [1.807, 2.05) is 19.1 Å². The number of hydrogen-bond acceptors (Lipinski definition) is 3. The van der Waals surface area contributed by atoms with E-state index in [1.165, 1.54) is 0 Å². The second kappa shape index (κ2) is 3.75. The van der Waals surface area contributed by atoms with Crippen LogP contribution in [0.2, 0.25) is 0 Å². The Balaban J connectivity index is 2.21. The normalized spacial score (nSPS) is 28.9. The van der Waals surface area contributed by atoms with Gasteiger partial charge in [-0.25, -0.2) is 0 Å². The summed E-state index contributed by atoms with van der Waals surface area (Å²) >= 11 is 0. The number of ether oxygens (including phenoxy) is 1. The van der Waals surface area contributed by atoms with E-state index in [0.717, 1.165) is 12.1 Å². The second-order valence-electron chi connectivity index (χ2n) is 5.39. The summed E-state index contributed by atoms with van der Waals surface area (Å²) in [6.45, 7) is 7.95. The number of rotatable bonds is 1.